The summed E-state index contributed by atoms with van der Waals surface area (Å²) in [6.07, 6.45) is 0. The van der Waals surface area contributed by atoms with E-state index in [9.17, 15) is 0 Å². The molecule has 0 amide bonds. The van der Waals surface area contributed by atoms with Crippen LogP contribution in [0.15, 0.2) is 58.4 Å². The minimum absolute atomic E-state index is 0.903. The summed E-state index contributed by atoms with van der Waals surface area (Å²) in [6, 6.07) is 19.4. The highest BCUT2D eigenvalue weighted by molar-refractivity contribution is 9.11. The summed E-state index contributed by atoms with van der Waals surface area (Å²) in [5, 5.41) is 6.09. The molecule has 0 fully saturated rings. The number of thiophene rings is 1. The van der Waals surface area contributed by atoms with Gasteiger partial charge in [0.2, 0.25) is 0 Å². The number of nitrogens with one attached hydrogen (secondary N) is 1. The van der Waals surface area contributed by atoms with Crippen LogP contribution in [0.3, 0.4) is 0 Å². The largest absolute Gasteiger partial charge is 0.308 e. The summed E-state index contributed by atoms with van der Waals surface area (Å²) in [7, 11) is 0. The minimum Gasteiger partial charge on any atom is -0.308 e. The minimum atomic E-state index is 0.903. The first kappa shape index (κ1) is 12.9. The standard InChI is InChI=1S/C16H14BrNS/c17-16-8-7-15(19-16)11-18-10-12-5-6-13-3-1-2-4-14(13)9-12/h1-9,18H,10-11H2. The molecule has 0 aliphatic heterocycles. The molecule has 0 saturated heterocycles. The predicted molar refractivity (Wildman–Crippen MR) is 86.5 cm³/mol. The van der Waals surface area contributed by atoms with Crippen molar-refractivity contribution in [1.82, 2.24) is 5.32 Å². The normalized spacial score (nSPS) is 11.0. The molecule has 1 aromatic heterocycles. The van der Waals surface area contributed by atoms with Gasteiger partial charge in [-0.2, -0.15) is 0 Å². The maximum Gasteiger partial charge on any atom is 0.0701 e. The third-order valence-electron chi connectivity index (χ3n) is 3.07. The summed E-state index contributed by atoms with van der Waals surface area (Å²) in [5.41, 5.74) is 1.33. The number of rotatable bonds is 4. The van der Waals surface area contributed by atoms with Gasteiger partial charge in [0.1, 0.15) is 0 Å². The first-order valence-corrected chi connectivity index (χ1v) is 7.85. The van der Waals surface area contributed by atoms with E-state index in [1.807, 2.05) is 0 Å². The SMILES string of the molecule is Brc1ccc(CNCc2ccc3ccccc3c2)s1. The van der Waals surface area contributed by atoms with Crippen LogP contribution in [-0.4, -0.2) is 0 Å². The third-order valence-corrected chi connectivity index (χ3v) is 4.69. The van der Waals surface area contributed by atoms with Gasteiger partial charge in [0, 0.05) is 18.0 Å². The lowest BCUT2D eigenvalue weighted by atomic mass is 10.1. The molecule has 1 heterocycles. The van der Waals surface area contributed by atoms with Gasteiger partial charge in [-0.1, -0.05) is 36.4 Å². The molecule has 0 unspecified atom stereocenters. The van der Waals surface area contributed by atoms with Crippen LogP contribution in [-0.2, 0) is 13.1 Å². The first-order valence-electron chi connectivity index (χ1n) is 6.24. The summed E-state index contributed by atoms with van der Waals surface area (Å²) in [4.78, 5) is 1.35. The smallest absolute Gasteiger partial charge is 0.0701 e. The van der Waals surface area contributed by atoms with Gasteiger partial charge in [0.25, 0.3) is 0 Å². The Bertz CT molecular complexity index is 690. The summed E-state index contributed by atoms with van der Waals surface area (Å²) < 4.78 is 1.19. The van der Waals surface area contributed by atoms with Gasteiger partial charge in [0.15, 0.2) is 0 Å². The Labute approximate surface area is 125 Å². The number of hydrogen-bond donors (Lipinski definition) is 1. The highest BCUT2D eigenvalue weighted by atomic mass is 79.9. The maximum absolute atomic E-state index is 3.49. The Morgan fingerprint density at radius 2 is 1.74 bits per heavy atom. The quantitative estimate of drug-likeness (QED) is 0.712. The fourth-order valence-electron chi connectivity index (χ4n) is 2.13. The Morgan fingerprint density at radius 3 is 2.53 bits per heavy atom. The molecule has 1 nitrogen and oxygen atoms in total. The fourth-order valence-corrected chi connectivity index (χ4v) is 3.58. The monoisotopic (exact) mass is 331 g/mol. The van der Waals surface area contributed by atoms with Crippen molar-refractivity contribution in [3.05, 3.63) is 68.8 Å². The third kappa shape index (κ3) is 3.24. The average molecular weight is 332 g/mol. The van der Waals surface area contributed by atoms with Crippen molar-refractivity contribution in [2.24, 2.45) is 0 Å². The molecule has 19 heavy (non-hydrogen) atoms. The Hall–Kier alpha value is -1.16. The summed E-state index contributed by atoms with van der Waals surface area (Å²) in [6.45, 7) is 1.82. The average Bonchev–Trinajstić information content (AvgIpc) is 2.84. The van der Waals surface area contributed by atoms with Crippen molar-refractivity contribution in [2.45, 2.75) is 13.1 Å². The second-order valence-corrected chi connectivity index (χ2v) is 7.04. The van der Waals surface area contributed by atoms with Crippen molar-refractivity contribution in [3.63, 3.8) is 0 Å². The van der Waals surface area contributed by atoms with Gasteiger partial charge < -0.3 is 5.32 Å². The molecule has 0 atom stereocenters. The van der Waals surface area contributed by atoms with Crippen LogP contribution < -0.4 is 5.32 Å². The highest BCUT2D eigenvalue weighted by Gasteiger charge is 1.99. The molecule has 0 aliphatic carbocycles. The van der Waals surface area contributed by atoms with E-state index in [4.69, 9.17) is 0 Å². The highest BCUT2D eigenvalue weighted by Crippen LogP contribution is 2.22. The van der Waals surface area contributed by atoms with Crippen LogP contribution in [0.5, 0.6) is 0 Å². The zero-order valence-electron chi connectivity index (χ0n) is 10.4. The van der Waals surface area contributed by atoms with Crippen molar-refractivity contribution >= 4 is 38.0 Å². The van der Waals surface area contributed by atoms with Crippen molar-refractivity contribution in [2.75, 3.05) is 0 Å². The van der Waals surface area contributed by atoms with Crippen molar-refractivity contribution in [1.29, 1.82) is 0 Å². The molecule has 0 aliphatic rings. The molecule has 1 N–H and O–H groups in total. The number of halogens is 1. The van der Waals surface area contributed by atoms with Gasteiger partial charge >= 0.3 is 0 Å². The molecule has 3 rings (SSSR count). The van der Waals surface area contributed by atoms with E-state index in [2.05, 4.69) is 75.8 Å². The van der Waals surface area contributed by atoms with Crippen LogP contribution in [0.2, 0.25) is 0 Å². The predicted octanol–water partition coefficient (Wildman–Crippen LogP) is 4.95. The molecule has 0 saturated carbocycles. The zero-order chi connectivity index (χ0) is 13.1. The number of hydrogen-bond acceptors (Lipinski definition) is 2. The van der Waals surface area contributed by atoms with Gasteiger partial charge in [0.05, 0.1) is 3.79 Å². The van der Waals surface area contributed by atoms with Gasteiger partial charge in [-0.15, -0.1) is 11.3 Å². The van der Waals surface area contributed by atoms with Gasteiger partial charge in [-0.3, -0.25) is 0 Å². The maximum atomic E-state index is 3.49. The molecule has 96 valence electrons. The van der Waals surface area contributed by atoms with Gasteiger partial charge in [-0.25, -0.2) is 0 Å². The first-order chi connectivity index (χ1) is 9.31. The van der Waals surface area contributed by atoms with Crippen LogP contribution in [0.1, 0.15) is 10.4 Å². The second kappa shape index (κ2) is 5.87. The molecular formula is C16H14BrNS. The van der Waals surface area contributed by atoms with E-state index < -0.39 is 0 Å². The van der Waals surface area contributed by atoms with Crippen LogP contribution in [0.25, 0.3) is 10.8 Å². The molecule has 0 bridgehead atoms. The van der Waals surface area contributed by atoms with E-state index in [0.29, 0.717) is 0 Å². The summed E-state index contributed by atoms with van der Waals surface area (Å²) in [5.74, 6) is 0. The second-order valence-electron chi connectivity index (χ2n) is 4.49. The molecule has 3 heteroatoms. The summed E-state index contributed by atoms with van der Waals surface area (Å²) >= 11 is 5.27. The lowest BCUT2D eigenvalue weighted by Gasteiger charge is -2.05. The fraction of sp³-hybridized carbons (Fsp3) is 0.125. The lowest BCUT2D eigenvalue weighted by molar-refractivity contribution is 0.701. The Kier molecular flexibility index (Phi) is 3.97. The molecule has 0 radical (unpaired) electrons. The lowest BCUT2D eigenvalue weighted by Crippen LogP contribution is -2.11. The molecule has 2 aromatic carbocycles. The molecular weight excluding hydrogens is 318 g/mol. The van der Waals surface area contributed by atoms with Crippen LogP contribution in [0, 0.1) is 0 Å². The van der Waals surface area contributed by atoms with Gasteiger partial charge in [-0.05, 0) is 50.5 Å². The molecule has 0 spiro atoms. The van der Waals surface area contributed by atoms with E-state index >= 15 is 0 Å². The van der Waals surface area contributed by atoms with Crippen molar-refractivity contribution < 1.29 is 0 Å². The van der Waals surface area contributed by atoms with E-state index in [-0.39, 0.29) is 0 Å². The van der Waals surface area contributed by atoms with E-state index in [0.717, 1.165) is 13.1 Å². The molecule has 3 aromatic rings. The van der Waals surface area contributed by atoms with Crippen molar-refractivity contribution in [3.8, 4) is 0 Å². The number of fused-ring (bicyclic) bond motifs is 1. The van der Waals surface area contributed by atoms with E-state index in [1.54, 1.807) is 11.3 Å². The zero-order valence-corrected chi connectivity index (χ0v) is 12.8. The van der Waals surface area contributed by atoms with Crippen LogP contribution in [0.4, 0.5) is 0 Å². The van der Waals surface area contributed by atoms with Crippen LogP contribution >= 0.6 is 27.3 Å². The number of benzene rings is 2. The Morgan fingerprint density at radius 1 is 0.895 bits per heavy atom. The Balaban J connectivity index is 1.65. The topological polar surface area (TPSA) is 12.0 Å². The van der Waals surface area contributed by atoms with E-state index in [1.165, 1.54) is 25.0 Å².